The van der Waals surface area contributed by atoms with E-state index in [-0.39, 0.29) is 6.15 Å². The minimum absolute atomic E-state index is 0. The summed E-state index contributed by atoms with van der Waals surface area (Å²) >= 11 is 0. The molecule has 0 aromatic rings. The summed E-state index contributed by atoms with van der Waals surface area (Å²) in [7, 11) is 0. The monoisotopic (exact) mass is 147 g/mol. The van der Waals surface area contributed by atoms with Gasteiger partial charge < -0.3 is 16.1 Å². The molecule has 1 fully saturated rings. The normalized spacial score (nSPS) is 19.6. The van der Waals surface area contributed by atoms with E-state index >= 15 is 0 Å². The van der Waals surface area contributed by atoms with E-state index in [2.05, 4.69) is 10.6 Å². The van der Waals surface area contributed by atoms with Crippen LogP contribution >= 0.6 is 0 Å². The second-order valence-corrected chi connectivity index (χ2v) is 2.01. The zero-order chi connectivity index (χ0) is 6.69. The van der Waals surface area contributed by atoms with Gasteiger partial charge in [-0.2, -0.15) is 0 Å². The Bertz CT molecular complexity index is 111. The zero-order valence-corrected chi connectivity index (χ0v) is 6.02. The lowest BCUT2D eigenvalue weighted by molar-refractivity contribution is -0.309. The maximum absolute atomic E-state index is 10.1. The van der Waals surface area contributed by atoms with Gasteiger partial charge in [-0.15, -0.1) is 0 Å². The number of carboxylic acid groups (broad SMARTS) is 1. The van der Waals surface area contributed by atoms with E-state index < -0.39 is 12.1 Å². The quantitative estimate of drug-likeness (QED) is 0.400. The SMILES string of the molecule is O=C([O-])C1NCCCN1.[NH4+]. The van der Waals surface area contributed by atoms with Crippen LogP contribution in [0.25, 0.3) is 0 Å². The first kappa shape index (κ1) is 9.35. The van der Waals surface area contributed by atoms with Gasteiger partial charge in [0, 0.05) is 0 Å². The smallest absolute Gasteiger partial charge is 0.0983 e. The van der Waals surface area contributed by atoms with Crippen molar-refractivity contribution in [2.24, 2.45) is 0 Å². The van der Waals surface area contributed by atoms with Crippen molar-refractivity contribution in [1.29, 1.82) is 0 Å². The zero-order valence-electron chi connectivity index (χ0n) is 6.02. The second kappa shape index (κ2) is 4.21. The van der Waals surface area contributed by atoms with Crippen molar-refractivity contribution in [3.63, 3.8) is 0 Å². The Labute approximate surface area is 59.4 Å². The molecule has 1 saturated heterocycles. The number of carboxylic acids is 1. The molecule has 0 aromatic carbocycles. The van der Waals surface area contributed by atoms with Crippen molar-refractivity contribution >= 4 is 5.97 Å². The number of carbonyl (C=O) groups is 1. The highest BCUT2D eigenvalue weighted by Crippen LogP contribution is 1.85. The Morgan fingerprint density at radius 3 is 2.20 bits per heavy atom. The molecular weight excluding hydrogens is 134 g/mol. The van der Waals surface area contributed by atoms with Crippen LogP contribution in [0.5, 0.6) is 0 Å². The minimum atomic E-state index is -1.07. The van der Waals surface area contributed by atoms with Crippen molar-refractivity contribution in [3.05, 3.63) is 0 Å². The predicted molar refractivity (Wildman–Crippen MR) is 35.4 cm³/mol. The average molecular weight is 147 g/mol. The first-order chi connectivity index (χ1) is 4.30. The fourth-order valence-electron chi connectivity index (χ4n) is 0.820. The summed E-state index contributed by atoms with van der Waals surface area (Å²) in [6.07, 6.45) is 0.336. The van der Waals surface area contributed by atoms with Crippen LogP contribution in [0.4, 0.5) is 0 Å². The van der Waals surface area contributed by atoms with Gasteiger partial charge in [0.15, 0.2) is 0 Å². The molecule has 1 aliphatic rings. The summed E-state index contributed by atoms with van der Waals surface area (Å²) in [5.41, 5.74) is 0. The maximum Gasteiger partial charge on any atom is 0.0983 e. The van der Waals surface area contributed by atoms with Crippen LogP contribution in [0.1, 0.15) is 6.42 Å². The van der Waals surface area contributed by atoms with Gasteiger partial charge in [-0.25, -0.2) is 0 Å². The second-order valence-electron chi connectivity index (χ2n) is 2.01. The number of quaternary nitrogens is 1. The van der Waals surface area contributed by atoms with Crippen LogP contribution in [0.2, 0.25) is 0 Å². The van der Waals surface area contributed by atoms with Crippen molar-refractivity contribution in [2.45, 2.75) is 12.6 Å². The van der Waals surface area contributed by atoms with Crippen LogP contribution in [-0.2, 0) is 4.79 Å². The first-order valence-electron chi connectivity index (χ1n) is 2.98. The first-order valence-corrected chi connectivity index (χ1v) is 2.98. The van der Waals surface area contributed by atoms with E-state index in [9.17, 15) is 9.90 Å². The third-order valence-corrected chi connectivity index (χ3v) is 1.29. The standard InChI is InChI=1S/C5H10N2O2.H3N/c8-5(9)4-6-2-1-3-7-4;/h4,6-7H,1-3H2,(H,8,9);1H3. The van der Waals surface area contributed by atoms with Crippen molar-refractivity contribution in [1.82, 2.24) is 16.8 Å². The van der Waals surface area contributed by atoms with E-state index in [0.717, 1.165) is 19.5 Å². The number of carbonyl (C=O) groups excluding carboxylic acids is 1. The summed E-state index contributed by atoms with van der Waals surface area (Å²) in [4.78, 5) is 10.1. The Kier molecular flexibility index (Phi) is 3.94. The summed E-state index contributed by atoms with van der Waals surface area (Å²) in [5, 5.41) is 15.6. The molecule has 5 heteroatoms. The third-order valence-electron chi connectivity index (χ3n) is 1.29. The van der Waals surface area contributed by atoms with Crippen LogP contribution in [0, 0.1) is 0 Å². The predicted octanol–water partition coefficient (Wildman–Crippen LogP) is -1.98. The molecule has 1 rings (SSSR count). The molecule has 0 aliphatic carbocycles. The van der Waals surface area contributed by atoms with Gasteiger partial charge >= 0.3 is 0 Å². The lowest BCUT2D eigenvalue weighted by atomic mass is 10.3. The van der Waals surface area contributed by atoms with Gasteiger partial charge in [-0.3, -0.25) is 10.6 Å². The van der Waals surface area contributed by atoms with Gasteiger partial charge in [0.1, 0.15) is 0 Å². The molecule has 0 spiro atoms. The molecule has 0 unspecified atom stereocenters. The van der Waals surface area contributed by atoms with Crippen LogP contribution in [0.15, 0.2) is 0 Å². The Hall–Kier alpha value is -0.650. The molecule has 0 amide bonds. The molecule has 0 atom stereocenters. The summed E-state index contributed by atoms with van der Waals surface area (Å²) in [5.74, 6) is -1.07. The Morgan fingerprint density at radius 1 is 1.40 bits per heavy atom. The Morgan fingerprint density at radius 2 is 1.90 bits per heavy atom. The molecule has 0 aromatic heterocycles. The molecule has 0 saturated carbocycles. The highest BCUT2D eigenvalue weighted by molar-refractivity contribution is 5.70. The van der Waals surface area contributed by atoms with Crippen molar-refractivity contribution < 1.29 is 9.90 Å². The molecule has 0 bridgehead atoms. The number of hydrogen-bond acceptors (Lipinski definition) is 4. The molecule has 6 N–H and O–H groups in total. The largest absolute Gasteiger partial charge is 0.547 e. The van der Waals surface area contributed by atoms with Crippen molar-refractivity contribution in [3.8, 4) is 0 Å². The molecule has 1 heterocycles. The van der Waals surface area contributed by atoms with Gasteiger partial charge in [-0.05, 0) is 19.5 Å². The van der Waals surface area contributed by atoms with Gasteiger partial charge in [0.05, 0.1) is 12.1 Å². The van der Waals surface area contributed by atoms with E-state index in [1.54, 1.807) is 0 Å². The number of rotatable bonds is 1. The van der Waals surface area contributed by atoms with Gasteiger partial charge in [-0.1, -0.05) is 0 Å². The number of hydrogen-bond donors (Lipinski definition) is 3. The third kappa shape index (κ3) is 2.30. The van der Waals surface area contributed by atoms with Crippen LogP contribution in [0.3, 0.4) is 0 Å². The van der Waals surface area contributed by atoms with E-state index in [1.807, 2.05) is 0 Å². The fourth-order valence-corrected chi connectivity index (χ4v) is 0.820. The minimum Gasteiger partial charge on any atom is -0.547 e. The summed E-state index contributed by atoms with van der Waals surface area (Å²) in [6.45, 7) is 1.51. The highest BCUT2D eigenvalue weighted by Gasteiger charge is 2.10. The fraction of sp³-hybridized carbons (Fsp3) is 0.800. The van der Waals surface area contributed by atoms with E-state index in [4.69, 9.17) is 0 Å². The van der Waals surface area contributed by atoms with Crippen molar-refractivity contribution in [2.75, 3.05) is 13.1 Å². The maximum atomic E-state index is 10.1. The molecule has 0 radical (unpaired) electrons. The molecule has 1 aliphatic heterocycles. The lowest BCUT2D eigenvalue weighted by Gasteiger charge is -2.25. The molecule has 10 heavy (non-hydrogen) atoms. The van der Waals surface area contributed by atoms with Gasteiger partial charge in [0.2, 0.25) is 0 Å². The van der Waals surface area contributed by atoms with E-state index in [0.29, 0.717) is 0 Å². The van der Waals surface area contributed by atoms with Crippen LogP contribution < -0.4 is 21.9 Å². The number of aliphatic carboxylic acids is 1. The Balaban J connectivity index is 0.000000810. The number of nitrogens with one attached hydrogen (secondary N) is 2. The molecular formula is C5H13N3O2. The average Bonchev–Trinajstić information content (AvgIpc) is 1.90. The summed E-state index contributed by atoms with van der Waals surface area (Å²) in [6, 6.07) is 0. The summed E-state index contributed by atoms with van der Waals surface area (Å²) < 4.78 is 0. The van der Waals surface area contributed by atoms with Crippen LogP contribution in [-0.4, -0.2) is 25.2 Å². The lowest BCUT2D eigenvalue weighted by Crippen LogP contribution is -2.57. The van der Waals surface area contributed by atoms with E-state index in [1.165, 1.54) is 0 Å². The highest BCUT2D eigenvalue weighted by atomic mass is 16.4. The topological polar surface area (TPSA) is 101 Å². The molecule has 60 valence electrons. The van der Waals surface area contributed by atoms with Gasteiger partial charge in [0.25, 0.3) is 0 Å². The molecule has 5 nitrogen and oxygen atoms in total.